The predicted octanol–water partition coefficient (Wildman–Crippen LogP) is 2.26. The minimum absolute atomic E-state index is 0.0420. The molecule has 0 saturated heterocycles. The highest BCUT2D eigenvalue weighted by atomic mass is 16.6. The Morgan fingerprint density at radius 2 is 2.11 bits per heavy atom. The van der Waals surface area contributed by atoms with Crippen LogP contribution in [0.2, 0.25) is 0 Å². The van der Waals surface area contributed by atoms with Crippen molar-refractivity contribution in [2.45, 2.75) is 25.3 Å². The average Bonchev–Trinajstić information content (AvgIpc) is 2.32. The van der Waals surface area contributed by atoms with Gasteiger partial charge in [-0.1, -0.05) is 0 Å². The first-order valence-electron chi connectivity index (χ1n) is 6.25. The van der Waals surface area contributed by atoms with Gasteiger partial charge in [0.15, 0.2) is 0 Å². The summed E-state index contributed by atoms with van der Waals surface area (Å²) in [7, 11) is 3.24. The molecule has 0 radical (unpaired) electrons. The second-order valence-corrected chi connectivity index (χ2v) is 4.96. The van der Waals surface area contributed by atoms with E-state index in [1.807, 2.05) is 0 Å². The highest BCUT2D eigenvalue weighted by Gasteiger charge is 2.23. The van der Waals surface area contributed by atoms with Gasteiger partial charge in [0, 0.05) is 31.8 Å². The van der Waals surface area contributed by atoms with Gasteiger partial charge in [-0.2, -0.15) is 0 Å². The SMILES string of the molecule is CN(C)C(=O)c1ccc(NC2CCC2)c([N+](=O)[O-])c1. The smallest absolute Gasteiger partial charge is 0.293 e. The van der Waals surface area contributed by atoms with Gasteiger partial charge in [-0.25, -0.2) is 0 Å². The minimum Gasteiger partial charge on any atom is -0.377 e. The van der Waals surface area contributed by atoms with Crippen LogP contribution in [-0.4, -0.2) is 35.9 Å². The molecule has 0 heterocycles. The number of benzene rings is 1. The summed E-state index contributed by atoms with van der Waals surface area (Å²) in [5, 5.41) is 14.3. The molecule has 1 aromatic rings. The molecule has 1 saturated carbocycles. The van der Waals surface area contributed by atoms with Gasteiger partial charge in [-0.05, 0) is 31.4 Å². The van der Waals surface area contributed by atoms with Crippen LogP contribution in [0, 0.1) is 10.1 Å². The summed E-state index contributed by atoms with van der Waals surface area (Å²) >= 11 is 0. The molecule has 6 nitrogen and oxygen atoms in total. The predicted molar refractivity (Wildman–Crippen MR) is 72.4 cm³/mol. The third kappa shape index (κ3) is 2.83. The van der Waals surface area contributed by atoms with Crippen LogP contribution < -0.4 is 5.32 Å². The number of nitro benzene ring substituents is 1. The Morgan fingerprint density at radius 3 is 2.58 bits per heavy atom. The molecule has 1 amide bonds. The van der Waals surface area contributed by atoms with Gasteiger partial charge in [0.25, 0.3) is 11.6 Å². The number of carbonyl (C=O) groups excluding carboxylic acids is 1. The fourth-order valence-corrected chi connectivity index (χ4v) is 1.97. The lowest BCUT2D eigenvalue weighted by Gasteiger charge is -2.27. The normalized spacial score (nSPS) is 14.6. The highest BCUT2D eigenvalue weighted by Crippen LogP contribution is 2.30. The van der Waals surface area contributed by atoms with E-state index in [4.69, 9.17) is 0 Å². The van der Waals surface area contributed by atoms with Crippen molar-refractivity contribution in [1.29, 1.82) is 0 Å². The molecular formula is C13H17N3O3. The van der Waals surface area contributed by atoms with Crippen molar-refractivity contribution in [2.75, 3.05) is 19.4 Å². The number of nitro groups is 1. The van der Waals surface area contributed by atoms with Crippen LogP contribution in [0.1, 0.15) is 29.6 Å². The van der Waals surface area contributed by atoms with E-state index in [1.165, 1.54) is 11.0 Å². The lowest BCUT2D eigenvalue weighted by Crippen LogP contribution is -2.27. The maximum absolute atomic E-state index is 11.8. The molecule has 19 heavy (non-hydrogen) atoms. The molecule has 2 rings (SSSR count). The fourth-order valence-electron chi connectivity index (χ4n) is 1.97. The van der Waals surface area contributed by atoms with E-state index in [0.717, 1.165) is 19.3 Å². The number of carbonyl (C=O) groups is 1. The summed E-state index contributed by atoms with van der Waals surface area (Å²) in [4.78, 5) is 23.8. The molecule has 102 valence electrons. The van der Waals surface area contributed by atoms with Crippen molar-refractivity contribution in [1.82, 2.24) is 4.90 Å². The van der Waals surface area contributed by atoms with Crippen molar-refractivity contribution < 1.29 is 9.72 Å². The van der Waals surface area contributed by atoms with Gasteiger partial charge in [0.2, 0.25) is 0 Å². The lowest BCUT2D eigenvalue weighted by molar-refractivity contribution is -0.384. The summed E-state index contributed by atoms with van der Waals surface area (Å²) in [6, 6.07) is 4.89. The maximum atomic E-state index is 11.8. The zero-order valence-electron chi connectivity index (χ0n) is 11.0. The Kier molecular flexibility index (Phi) is 3.69. The summed E-state index contributed by atoms with van der Waals surface area (Å²) in [5.74, 6) is -0.238. The summed E-state index contributed by atoms with van der Waals surface area (Å²) in [5.41, 5.74) is 0.778. The zero-order valence-corrected chi connectivity index (χ0v) is 11.0. The Hall–Kier alpha value is -2.11. The molecule has 0 aromatic heterocycles. The molecule has 0 aliphatic heterocycles. The van der Waals surface area contributed by atoms with Crippen LogP contribution in [-0.2, 0) is 0 Å². The third-order valence-electron chi connectivity index (χ3n) is 3.31. The number of anilines is 1. The maximum Gasteiger partial charge on any atom is 0.293 e. The number of amides is 1. The molecule has 1 fully saturated rings. The Morgan fingerprint density at radius 1 is 1.42 bits per heavy atom. The van der Waals surface area contributed by atoms with Crippen LogP contribution >= 0.6 is 0 Å². The first-order valence-corrected chi connectivity index (χ1v) is 6.25. The van der Waals surface area contributed by atoms with E-state index in [9.17, 15) is 14.9 Å². The van der Waals surface area contributed by atoms with E-state index < -0.39 is 4.92 Å². The van der Waals surface area contributed by atoms with Crippen LogP contribution in [0.15, 0.2) is 18.2 Å². The third-order valence-corrected chi connectivity index (χ3v) is 3.31. The van der Waals surface area contributed by atoms with Gasteiger partial charge in [0.05, 0.1) is 4.92 Å². The van der Waals surface area contributed by atoms with Crippen molar-refractivity contribution in [2.24, 2.45) is 0 Å². The first kappa shape index (κ1) is 13.3. The standard InChI is InChI=1S/C13H17N3O3/c1-15(2)13(17)9-6-7-11(12(8-9)16(18)19)14-10-4-3-5-10/h6-8,10,14H,3-5H2,1-2H3. The first-order chi connectivity index (χ1) is 8.99. The molecule has 1 aliphatic carbocycles. The molecule has 0 atom stereocenters. The van der Waals surface area contributed by atoms with E-state index in [-0.39, 0.29) is 11.6 Å². The van der Waals surface area contributed by atoms with Gasteiger partial charge >= 0.3 is 0 Å². The Labute approximate surface area is 111 Å². The van der Waals surface area contributed by atoms with Crippen molar-refractivity contribution in [3.05, 3.63) is 33.9 Å². The van der Waals surface area contributed by atoms with Gasteiger partial charge in [-0.3, -0.25) is 14.9 Å². The summed E-state index contributed by atoms with van der Waals surface area (Å²) < 4.78 is 0. The van der Waals surface area contributed by atoms with Crippen LogP contribution in [0.5, 0.6) is 0 Å². The molecule has 1 aliphatic rings. The van der Waals surface area contributed by atoms with Crippen LogP contribution in [0.25, 0.3) is 0 Å². The van der Waals surface area contributed by atoms with Crippen LogP contribution in [0.4, 0.5) is 11.4 Å². The summed E-state index contributed by atoms with van der Waals surface area (Å²) in [6.45, 7) is 0. The molecule has 1 N–H and O–H groups in total. The fraction of sp³-hybridized carbons (Fsp3) is 0.462. The van der Waals surface area contributed by atoms with Crippen molar-refractivity contribution in [3.63, 3.8) is 0 Å². The average molecular weight is 263 g/mol. The van der Waals surface area contributed by atoms with Gasteiger partial charge < -0.3 is 10.2 Å². The van der Waals surface area contributed by atoms with Gasteiger partial charge in [0.1, 0.15) is 5.69 Å². The second kappa shape index (κ2) is 5.26. The monoisotopic (exact) mass is 263 g/mol. The molecular weight excluding hydrogens is 246 g/mol. The number of rotatable bonds is 4. The van der Waals surface area contributed by atoms with Crippen LogP contribution in [0.3, 0.4) is 0 Å². The second-order valence-electron chi connectivity index (χ2n) is 4.96. The molecule has 0 unspecified atom stereocenters. The molecule has 1 aromatic carbocycles. The quantitative estimate of drug-likeness (QED) is 0.667. The lowest BCUT2D eigenvalue weighted by atomic mass is 9.93. The minimum atomic E-state index is -0.451. The van der Waals surface area contributed by atoms with Crippen molar-refractivity contribution in [3.8, 4) is 0 Å². The number of hydrogen-bond acceptors (Lipinski definition) is 4. The largest absolute Gasteiger partial charge is 0.377 e. The summed E-state index contributed by atoms with van der Waals surface area (Å²) in [6.07, 6.45) is 3.23. The Balaban J connectivity index is 2.29. The number of nitrogens with zero attached hydrogens (tertiary/aromatic N) is 2. The van der Waals surface area contributed by atoms with Gasteiger partial charge in [-0.15, -0.1) is 0 Å². The molecule has 0 spiro atoms. The molecule has 6 heteroatoms. The Bertz CT molecular complexity index is 510. The molecule has 0 bridgehead atoms. The van der Waals surface area contributed by atoms with E-state index in [2.05, 4.69) is 5.32 Å². The van der Waals surface area contributed by atoms with E-state index in [0.29, 0.717) is 17.3 Å². The topological polar surface area (TPSA) is 75.5 Å². The van der Waals surface area contributed by atoms with E-state index in [1.54, 1.807) is 26.2 Å². The van der Waals surface area contributed by atoms with E-state index >= 15 is 0 Å². The van der Waals surface area contributed by atoms with Crippen molar-refractivity contribution >= 4 is 17.3 Å². The number of nitrogens with one attached hydrogen (secondary N) is 1. The highest BCUT2D eigenvalue weighted by molar-refractivity contribution is 5.95. The zero-order chi connectivity index (χ0) is 14.0. The number of hydrogen-bond donors (Lipinski definition) is 1.